The van der Waals surface area contributed by atoms with E-state index in [9.17, 15) is 0 Å². The van der Waals surface area contributed by atoms with E-state index < -0.39 is 0 Å². The number of fused-ring (bicyclic) bond motifs is 1. The molecule has 2 aromatic rings. The Morgan fingerprint density at radius 2 is 2.00 bits per heavy atom. The van der Waals surface area contributed by atoms with Crippen molar-refractivity contribution in [2.45, 2.75) is 38.1 Å². The Kier molecular flexibility index (Phi) is 4.91. The topological polar surface area (TPSA) is 88.3 Å². The first-order valence-electron chi connectivity index (χ1n) is 9.16. The number of rotatable bonds is 1. The molecule has 0 radical (unpaired) electrons. The van der Waals surface area contributed by atoms with Gasteiger partial charge in [-0.2, -0.15) is 5.26 Å². The normalized spacial score (nSPS) is 22.2. The van der Waals surface area contributed by atoms with Gasteiger partial charge in [0.1, 0.15) is 11.9 Å². The molecule has 0 unspecified atom stereocenters. The maximum absolute atomic E-state index is 8.59. The molecule has 138 valence electrons. The lowest BCUT2D eigenvalue weighted by Crippen LogP contribution is -2.68. The first-order chi connectivity index (χ1) is 12.6. The van der Waals surface area contributed by atoms with Crippen LogP contribution in [0.4, 0.5) is 5.82 Å². The molecule has 0 amide bonds. The van der Waals surface area contributed by atoms with E-state index in [-0.39, 0.29) is 5.76 Å². The summed E-state index contributed by atoms with van der Waals surface area (Å²) in [7, 11) is 0. The summed E-state index contributed by atoms with van der Waals surface area (Å²) >= 11 is 3.27. The molecule has 2 N–H and O–H groups in total. The summed E-state index contributed by atoms with van der Waals surface area (Å²) in [5, 5.41) is 9.36. The van der Waals surface area contributed by atoms with Crippen molar-refractivity contribution in [3.63, 3.8) is 0 Å². The monoisotopic (exact) mass is 418 g/mol. The van der Waals surface area contributed by atoms with Crippen LogP contribution in [0.1, 0.15) is 37.9 Å². The lowest BCUT2D eigenvalue weighted by molar-refractivity contribution is -0.200. The van der Waals surface area contributed by atoms with Crippen molar-refractivity contribution in [3.05, 3.63) is 22.5 Å². The van der Waals surface area contributed by atoms with Crippen molar-refractivity contribution in [3.8, 4) is 6.07 Å². The smallest absolute Gasteiger partial charge is 0.204 e. The molecule has 1 spiro atoms. The largest absolute Gasteiger partial charge is 0.444 e. The first kappa shape index (κ1) is 17.8. The zero-order chi connectivity index (χ0) is 18.1. The second-order valence-electron chi connectivity index (χ2n) is 7.65. The van der Waals surface area contributed by atoms with Crippen LogP contribution in [-0.2, 0) is 4.74 Å². The third-order valence-electron chi connectivity index (χ3n) is 5.64. The third-order valence-corrected chi connectivity index (χ3v) is 6.47. The summed E-state index contributed by atoms with van der Waals surface area (Å²) in [4.78, 5) is 6.58. The van der Waals surface area contributed by atoms with E-state index in [1.54, 1.807) is 6.07 Å². The fourth-order valence-corrected chi connectivity index (χ4v) is 4.56. The van der Waals surface area contributed by atoms with Crippen molar-refractivity contribution >= 4 is 32.7 Å². The molecule has 2 saturated heterocycles. The van der Waals surface area contributed by atoms with E-state index in [2.05, 4.69) is 25.8 Å². The summed E-state index contributed by atoms with van der Waals surface area (Å²) in [6.45, 7) is 4.74. The fraction of sp³-hybridized carbons (Fsp3) is 0.579. The van der Waals surface area contributed by atoms with Crippen LogP contribution < -0.4 is 5.73 Å². The molecule has 26 heavy (non-hydrogen) atoms. The molecule has 0 atom stereocenters. The molecule has 1 saturated carbocycles. The maximum atomic E-state index is 8.59. The molecular formula is C19H23BrN4O2. The van der Waals surface area contributed by atoms with Gasteiger partial charge in [0.25, 0.3) is 0 Å². The van der Waals surface area contributed by atoms with Gasteiger partial charge in [0, 0.05) is 36.0 Å². The van der Waals surface area contributed by atoms with Gasteiger partial charge in [-0.05, 0) is 28.8 Å². The number of halogens is 1. The lowest BCUT2D eigenvalue weighted by Gasteiger charge is -2.58. The number of nitrogen functional groups attached to an aromatic ring is 1. The molecule has 7 heteroatoms. The van der Waals surface area contributed by atoms with Crippen LogP contribution in [0.15, 0.2) is 21.2 Å². The molecule has 0 aromatic carbocycles. The number of likely N-dealkylation sites (tertiary alicyclic amines) is 1. The molecule has 1 aliphatic carbocycles. The van der Waals surface area contributed by atoms with Crippen molar-refractivity contribution in [1.29, 1.82) is 5.26 Å². The number of furan rings is 1. The minimum Gasteiger partial charge on any atom is -0.444 e. The molecule has 0 bridgehead atoms. The average Bonchev–Trinajstić information content (AvgIpc) is 3.02. The second-order valence-corrected chi connectivity index (χ2v) is 8.44. The highest BCUT2D eigenvalue weighted by Crippen LogP contribution is 2.40. The van der Waals surface area contributed by atoms with Gasteiger partial charge >= 0.3 is 0 Å². The fourth-order valence-electron chi connectivity index (χ4n) is 4.14. The van der Waals surface area contributed by atoms with Gasteiger partial charge in [0.05, 0.1) is 23.9 Å². The minimum absolute atomic E-state index is 0.253. The minimum atomic E-state index is 0.253. The molecule has 5 rings (SSSR count). The Labute approximate surface area is 161 Å². The van der Waals surface area contributed by atoms with Crippen LogP contribution in [-0.4, -0.2) is 42.2 Å². The highest BCUT2D eigenvalue weighted by Gasteiger charge is 2.50. The van der Waals surface area contributed by atoms with Gasteiger partial charge < -0.3 is 14.9 Å². The van der Waals surface area contributed by atoms with Crippen LogP contribution in [0.25, 0.3) is 11.0 Å². The van der Waals surface area contributed by atoms with Crippen LogP contribution >= 0.6 is 15.9 Å². The van der Waals surface area contributed by atoms with E-state index in [1.165, 1.54) is 51.4 Å². The Morgan fingerprint density at radius 3 is 2.62 bits per heavy atom. The highest BCUT2D eigenvalue weighted by molar-refractivity contribution is 9.10. The molecule has 6 nitrogen and oxygen atoms in total. The zero-order valence-electron chi connectivity index (χ0n) is 14.7. The molecule has 2 aliphatic heterocycles. The van der Waals surface area contributed by atoms with Gasteiger partial charge in [-0.15, -0.1) is 0 Å². The standard InChI is InChI=1S/C11H19NO.C8H4BrN3O/c1-2-4-10(5-3-1)12-6-11(7-12)8-13-9-11;9-7-5-1-4(2-10)13-6(5)3-12-8(7)11/h10H,1-9H2;1,3H,(H2,11,12). The van der Waals surface area contributed by atoms with E-state index >= 15 is 0 Å². The summed E-state index contributed by atoms with van der Waals surface area (Å²) < 4.78 is 11.1. The number of hydrogen-bond acceptors (Lipinski definition) is 6. The van der Waals surface area contributed by atoms with Gasteiger partial charge in [-0.3, -0.25) is 4.90 Å². The van der Waals surface area contributed by atoms with Crippen molar-refractivity contribution in [1.82, 2.24) is 9.88 Å². The average molecular weight is 419 g/mol. The second kappa shape index (κ2) is 7.18. The molecule has 2 aromatic heterocycles. The SMILES string of the molecule is C1CCC(N2CC3(COC3)C2)CC1.N#Cc1cc2c(Br)c(N)ncc2o1. The predicted octanol–water partition coefficient (Wildman–Crippen LogP) is 3.70. The van der Waals surface area contributed by atoms with Crippen LogP contribution in [0.3, 0.4) is 0 Å². The van der Waals surface area contributed by atoms with E-state index in [1.807, 2.05) is 6.07 Å². The molecule has 4 heterocycles. The molecular weight excluding hydrogens is 396 g/mol. The number of nitrogens with zero attached hydrogens (tertiary/aromatic N) is 3. The Bertz CT molecular complexity index is 826. The van der Waals surface area contributed by atoms with Crippen molar-refractivity contribution in [2.75, 3.05) is 32.0 Å². The third kappa shape index (κ3) is 3.34. The van der Waals surface area contributed by atoms with Gasteiger partial charge in [-0.1, -0.05) is 19.3 Å². The van der Waals surface area contributed by atoms with Crippen molar-refractivity contribution in [2.24, 2.45) is 5.41 Å². The van der Waals surface area contributed by atoms with Crippen LogP contribution in [0.2, 0.25) is 0 Å². The van der Waals surface area contributed by atoms with Gasteiger partial charge in [0.2, 0.25) is 5.76 Å². The number of pyridine rings is 1. The number of aromatic nitrogens is 1. The summed E-state index contributed by atoms with van der Waals surface area (Å²) in [5.74, 6) is 0.640. The Morgan fingerprint density at radius 1 is 1.27 bits per heavy atom. The van der Waals surface area contributed by atoms with Crippen LogP contribution in [0.5, 0.6) is 0 Å². The summed E-state index contributed by atoms with van der Waals surface area (Å²) in [6, 6.07) is 4.46. The Balaban J connectivity index is 0.000000129. The first-order valence-corrected chi connectivity index (χ1v) is 9.95. The zero-order valence-corrected chi connectivity index (χ0v) is 16.3. The number of nitriles is 1. The highest BCUT2D eigenvalue weighted by atomic mass is 79.9. The Hall–Kier alpha value is -1.62. The number of nitrogens with two attached hydrogens (primary N) is 1. The quantitative estimate of drug-likeness (QED) is 0.759. The van der Waals surface area contributed by atoms with E-state index in [0.29, 0.717) is 21.3 Å². The predicted molar refractivity (Wildman–Crippen MR) is 103 cm³/mol. The molecule has 3 fully saturated rings. The lowest BCUT2D eigenvalue weighted by atomic mass is 9.76. The van der Waals surface area contributed by atoms with Gasteiger partial charge in [-0.25, -0.2) is 4.98 Å². The van der Waals surface area contributed by atoms with Crippen molar-refractivity contribution < 1.29 is 9.15 Å². The maximum Gasteiger partial charge on any atom is 0.204 e. The molecule has 3 aliphatic rings. The number of ether oxygens (including phenoxy) is 1. The number of hydrogen-bond donors (Lipinski definition) is 1. The van der Waals surface area contributed by atoms with E-state index in [0.717, 1.165) is 24.6 Å². The number of anilines is 1. The van der Waals surface area contributed by atoms with E-state index in [4.69, 9.17) is 20.1 Å². The van der Waals surface area contributed by atoms with Gasteiger partial charge in [0.15, 0.2) is 5.58 Å². The summed E-state index contributed by atoms with van der Waals surface area (Å²) in [6.07, 6.45) is 8.80. The summed E-state index contributed by atoms with van der Waals surface area (Å²) in [5.41, 5.74) is 6.73. The van der Waals surface area contributed by atoms with Crippen LogP contribution in [0, 0.1) is 16.7 Å².